The zero-order valence-corrected chi connectivity index (χ0v) is 21.3. The van der Waals surface area contributed by atoms with Crippen molar-refractivity contribution in [3.05, 3.63) is 83.4 Å². The number of carbonyl (C=O) groups is 1. The predicted molar refractivity (Wildman–Crippen MR) is 135 cm³/mol. The lowest BCUT2D eigenvalue weighted by Gasteiger charge is -2.13. The van der Waals surface area contributed by atoms with Gasteiger partial charge in [0, 0.05) is 18.1 Å². The fourth-order valence-electron chi connectivity index (χ4n) is 3.22. The van der Waals surface area contributed by atoms with E-state index in [0.29, 0.717) is 36.2 Å². The summed E-state index contributed by atoms with van der Waals surface area (Å²) in [6.45, 7) is 2.87. The molecule has 8 nitrogen and oxygen atoms in total. The van der Waals surface area contributed by atoms with Crippen molar-refractivity contribution in [2.24, 2.45) is 0 Å². The monoisotopic (exact) mass is 533 g/mol. The van der Waals surface area contributed by atoms with Crippen molar-refractivity contribution in [2.45, 2.75) is 22.8 Å². The predicted octanol–water partition coefficient (Wildman–Crippen LogP) is 3.82. The lowest BCUT2D eigenvalue weighted by Crippen LogP contribution is -2.26. The third kappa shape index (κ3) is 7.96. The van der Waals surface area contributed by atoms with Crippen LogP contribution < -0.4 is 14.8 Å². The van der Waals surface area contributed by atoms with Gasteiger partial charge in [0.05, 0.1) is 22.5 Å². The van der Waals surface area contributed by atoms with Gasteiger partial charge in [-0.3, -0.25) is 0 Å². The van der Waals surface area contributed by atoms with Crippen LogP contribution in [0.4, 0.5) is 0 Å². The fourth-order valence-corrected chi connectivity index (χ4v) is 4.68. The molecule has 3 aromatic rings. The first-order valence-electron chi connectivity index (χ1n) is 11.3. The summed E-state index contributed by atoms with van der Waals surface area (Å²) in [4.78, 5) is 11.6. The normalized spacial score (nSPS) is 12.1. The standard InChI is InChI=1S/C26H28ClNO7S/c1-2-33-26(30)18-35-22-8-12-24(13-9-22)36(31,32)23-10-6-21(7-11-23)34-15-14-28-17-25(29)19-4-3-5-20(27)16-19/h3-13,16,25,28-29H,2,14-15,17-18H2,1H3/t25-/m0/s1. The lowest BCUT2D eigenvalue weighted by atomic mass is 10.1. The molecule has 0 aliphatic carbocycles. The van der Waals surface area contributed by atoms with Gasteiger partial charge in [-0.25, -0.2) is 13.2 Å². The average molecular weight is 534 g/mol. The van der Waals surface area contributed by atoms with Crippen molar-refractivity contribution in [1.29, 1.82) is 0 Å². The molecule has 3 rings (SSSR count). The molecule has 1 atom stereocenters. The SMILES string of the molecule is CCOC(=O)COc1ccc(S(=O)(=O)c2ccc(OCCNC[C@H](O)c3cccc(Cl)c3)cc2)cc1. The van der Waals surface area contributed by atoms with Crippen molar-refractivity contribution >= 4 is 27.4 Å². The molecule has 0 radical (unpaired) electrons. The molecular formula is C26H28ClNO7S. The number of benzene rings is 3. The molecule has 3 aromatic carbocycles. The van der Waals surface area contributed by atoms with Crippen LogP contribution in [0.5, 0.6) is 11.5 Å². The number of halogens is 1. The van der Waals surface area contributed by atoms with E-state index in [4.69, 9.17) is 25.8 Å². The maximum absolute atomic E-state index is 12.9. The van der Waals surface area contributed by atoms with Gasteiger partial charge in [0.15, 0.2) is 6.61 Å². The number of aliphatic hydroxyl groups excluding tert-OH is 1. The maximum Gasteiger partial charge on any atom is 0.344 e. The Morgan fingerprint density at radius 2 is 1.58 bits per heavy atom. The number of carbonyl (C=O) groups excluding carboxylic acids is 1. The molecule has 0 aliphatic rings. The second kappa shape index (κ2) is 13.3. The first-order chi connectivity index (χ1) is 17.3. The first-order valence-corrected chi connectivity index (χ1v) is 13.2. The number of aliphatic hydroxyl groups is 1. The van der Waals surface area contributed by atoms with Crippen molar-refractivity contribution in [2.75, 3.05) is 32.9 Å². The molecule has 0 heterocycles. The van der Waals surface area contributed by atoms with Gasteiger partial charge < -0.3 is 24.6 Å². The van der Waals surface area contributed by atoms with Crippen LogP contribution in [-0.4, -0.2) is 52.4 Å². The molecule has 0 saturated carbocycles. The number of hydrogen-bond donors (Lipinski definition) is 2. The highest BCUT2D eigenvalue weighted by Gasteiger charge is 2.18. The number of esters is 1. The Balaban J connectivity index is 1.46. The Bertz CT molecular complexity index is 1230. The van der Waals surface area contributed by atoms with E-state index in [0.717, 1.165) is 5.56 Å². The molecule has 0 aromatic heterocycles. The van der Waals surface area contributed by atoms with Gasteiger partial charge in [-0.15, -0.1) is 0 Å². The molecule has 10 heteroatoms. The lowest BCUT2D eigenvalue weighted by molar-refractivity contribution is -0.145. The summed E-state index contributed by atoms with van der Waals surface area (Å²) in [6, 6.07) is 19.0. The quantitative estimate of drug-likeness (QED) is 0.252. The first kappa shape index (κ1) is 27.5. The van der Waals surface area contributed by atoms with Crippen LogP contribution in [0.25, 0.3) is 0 Å². The zero-order valence-electron chi connectivity index (χ0n) is 19.7. The third-order valence-corrected chi connectivity index (χ3v) is 7.07. The third-order valence-electron chi connectivity index (χ3n) is 5.05. The van der Waals surface area contributed by atoms with Crippen LogP contribution >= 0.6 is 11.6 Å². The largest absolute Gasteiger partial charge is 0.492 e. The van der Waals surface area contributed by atoms with Crippen molar-refractivity contribution in [3.63, 3.8) is 0 Å². The summed E-state index contributed by atoms with van der Waals surface area (Å²) < 4.78 is 41.6. The van der Waals surface area contributed by atoms with Gasteiger partial charge in [-0.1, -0.05) is 23.7 Å². The average Bonchev–Trinajstić information content (AvgIpc) is 2.88. The van der Waals surface area contributed by atoms with Gasteiger partial charge in [-0.05, 0) is 73.2 Å². The molecule has 0 fully saturated rings. The molecule has 0 unspecified atom stereocenters. The summed E-state index contributed by atoms with van der Waals surface area (Å²) in [5.41, 5.74) is 0.728. The highest BCUT2D eigenvalue weighted by Crippen LogP contribution is 2.25. The molecule has 0 amide bonds. The highest BCUT2D eigenvalue weighted by molar-refractivity contribution is 7.91. The van der Waals surface area contributed by atoms with Gasteiger partial charge in [0.1, 0.15) is 18.1 Å². The van der Waals surface area contributed by atoms with Crippen molar-refractivity contribution in [1.82, 2.24) is 5.32 Å². The smallest absolute Gasteiger partial charge is 0.344 e. The van der Waals surface area contributed by atoms with E-state index in [2.05, 4.69) is 5.32 Å². The molecule has 2 N–H and O–H groups in total. The van der Waals surface area contributed by atoms with Crippen LogP contribution in [0.15, 0.2) is 82.6 Å². The minimum Gasteiger partial charge on any atom is -0.492 e. The minimum absolute atomic E-state index is 0.0992. The summed E-state index contributed by atoms with van der Waals surface area (Å²) in [5.74, 6) is 0.385. The van der Waals surface area contributed by atoms with Gasteiger partial charge in [-0.2, -0.15) is 0 Å². The number of ether oxygens (including phenoxy) is 3. The van der Waals surface area contributed by atoms with E-state index in [9.17, 15) is 18.3 Å². The highest BCUT2D eigenvalue weighted by atomic mass is 35.5. The topological polar surface area (TPSA) is 111 Å². The van der Waals surface area contributed by atoms with Gasteiger partial charge >= 0.3 is 5.97 Å². The Morgan fingerprint density at radius 1 is 0.972 bits per heavy atom. The Hall–Kier alpha value is -3.11. The van der Waals surface area contributed by atoms with E-state index in [1.165, 1.54) is 36.4 Å². The molecule has 36 heavy (non-hydrogen) atoms. The van der Waals surface area contributed by atoms with E-state index < -0.39 is 21.9 Å². The van der Waals surface area contributed by atoms with Crippen LogP contribution in [0.3, 0.4) is 0 Å². The second-order valence-corrected chi connectivity index (χ2v) is 10.0. The zero-order chi connectivity index (χ0) is 26.0. The molecule has 0 spiro atoms. The number of hydrogen-bond acceptors (Lipinski definition) is 8. The summed E-state index contributed by atoms with van der Waals surface area (Å²) in [7, 11) is -3.73. The van der Waals surface area contributed by atoms with Crippen molar-refractivity contribution in [3.8, 4) is 11.5 Å². The Labute approximate surface area is 215 Å². The summed E-state index contributed by atoms with van der Waals surface area (Å²) >= 11 is 5.94. The van der Waals surface area contributed by atoms with Crippen LogP contribution in [0.2, 0.25) is 5.02 Å². The van der Waals surface area contributed by atoms with E-state index in [1.807, 2.05) is 0 Å². The van der Waals surface area contributed by atoms with Crippen LogP contribution in [0.1, 0.15) is 18.6 Å². The Morgan fingerprint density at radius 3 is 2.17 bits per heavy atom. The van der Waals surface area contributed by atoms with E-state index >= 15 is 0 Å². The number of sulfone groups is 1. The van der Waals surface area contributed by atoms with E-state index in [-0.39, 0.29) is 23.0 Å². The fraction of sp³-hybridized carbons (Fsp3) is 0.269. The van der Waals surface area contributed by atoms with Crippen molar-refractivity contribution < 1.29 is 32.5 Å². The van der Waals surface area contributed by atoms with Gasteiger partial charge in [0.2, 0.25) is 9.84 Å². The number of rotatable bonds is 13. The molecule has 192 valence electrons. The van der Waals surface area contributed by atoms with E-state index in [1.54, 1.807) is 43.3 Å². The summed E-state index contributed by atoms with van der Waals surface area (Å²) in [5, 5.41) is 13.9. The summed E-state index contributed by atoms with van der Waals surface area (Å²) in [6.07, 6.45) is -0.689. The molecule has 0 bridgehead atoms. The Kier molecular flexibility index (Phi) is 10.1. The minimum atomic E-state index is -3.73. The molecular weight excluding hydrogens is 506 g/mol. The van der Waals surface area contributed by atoms with Crippen LogP contribution in [-0.2, 0) is 19.4 Å². The second-order valence-electron chi connectivity index (χ2n) is 7.66. The van der Waals surface area contributed by atoms with Crippen LogP contribution in [0, 0.1) is 0 Å². The van der Waals surface area contributed by atoms with Gasteiger partial charge in [0.25, 0.3) is 0 Å². The number of nitrogens with one attached hydrogen (secondary N) is 1. The molecule has 0 aliphatic heterocycles. The maximum atomic E-state index is 12.9. The molecule has 0 saturated heterocycles.